The first-order valence-electron chi connectivity index (χ1n) is 5.60. The number of thiazole rings is 1. The Balaban J connectivity index is 2.00. The lowest BCUT2D eigenvalue weighted by molar-refractivity contribution is 0.0692. The Labute approximate surface area is 113 Å². The molecule has 0 aliphatic rings. The molecule has 0 aliphatic carbocycles. The van der Waals surface area contributed by atoms with E-state index in [4.69, 9.17) is 5.11 Å². The summed E-state index contributed by atoms with van der Waals surface area (Å²) in [5.41, 5.74) is 0.534. The van der Waals surface area contributed by atoms with Crippen molar-refractivity contribution in [1.29, 1.82) is 0 Å². The average Bonchev–Trinajstić information content (AvgIpc) is 2.77. The summed E-state index contributed by atoms with van der Waals surface area (Å²) in [5, 5.41) is 14.5. The summed E-state index contributed by atoms with van der Waals surface area (Å²) in [6.45, 7) is 2.36. The smallest absolute Gasteiger partial charge is 0.338 e. The molecule has 7 heteroatoms. The first-order chi connectivity index (χ1) is 9.08. The molecule has 0 radical (unpaired) electrons. The predicted molar refractivity (Wildman–Crippen MR) is 70.2 cm³/mol. The fourth-order valence-electron chi connectivity index (χ4n) is 1.56. The highest BCUT2D eigenvalue weighted by molar-refractivity contribution is 7.09. The highest BCUT2D eigenvalue weighted by atomic mass is 32.1. The van der Waals surface area contributed by atoms with Crippen LogP contribution in [0.5, 0.6) is 0 Å². The molecule has 19 heavy (non-hydrogen) atoms. The van der Waals surface area contributed by atoms with Gasteiger partial charge in [0, 0.05) is 24.5 Å². The van der Waals surface area contributed by atoms with Crippen molar-refractivity contribution in [3.63, 3.8) is 0 Å². The molecule has 0 unspecified atom stereocenters. The van der Waals surface area contributed by atoms with Crippen molar-refractivity contribution >= 4 is 23.1 Å². The molecule has 0 aromatic carbocycles. The van der Waals surface area contributed by atoms with Gasteiger partial charge in [-0.15, -0.1) is 11.3 Å². The third kappa shape index (κ3) is 3.25. The number of carboxylic acid groups (broad SMARTS) is 1. The summed E-state index contributed by atoms with van der Waals surface area (Å²) in [5.74, 6) is -2.20. The van der Waals surface area contributed by atoms with Crippen LogP contribution in [0, 0.1) is 12.7 Å². The molecule has 0 spiro atoms. The van der Waals surface area contributed by atoms with Crippen LogP contribution in [0.4, 0.5) is 10.2 Å². The van der Waals surface area contributed by atoms with Crippen LogP contribution in [0.25, 0.3) is 0 Å². The molecule has 2 heterocycles. The molecule has 0 aliphatic heterocycles. The molecular weight excluding hydrogens is 269 g/mol. The zero-order chi connectivity index (χ0) is 13.8. The Morgan fingerprint density at radius 3 is 3.00 bits per heavy atom. The predicted octanol–water partition coefficient (Wildman–Crippen LogP) is 2.34. The monoisotopic (exact) mass is 281 g/mol. The van der Waals surface area contributed by atoms with E-state index >= 15 is 0 Å². The summed E-state index contributed by atoms with van der Waals surface area (Å²) >= 11 is 1.55. The molecule has 0 atom stereocenters. The minimum Gasteiger partial charge on any atom is -0.478 e. The Bertz CT molecular complexity index is 600. The zero-order valence-corrected chi connectivity index (χ0v) is 11.0. The van der Waals surface area contributed by atoms with Gasteiger partial charge in [0.25, 0.3) is 0 Å². The van der Waals surface area contributed by atoms with E-state index in [2.05, 4.69) is 15.3 Å². The standard InChI is InChI=1S/C12H12FN3O2S/c1-7-16-8(6-19-7)2-4-14-11-10(13)9(12(17)18)3-5-15-11/h3,5-6H,2,4H2,1H3,(H,14,15)(H,17,18). The Morgan fingerprint density at radius 2 is 2.37 bits per heavy atom. The summed E-state index contributed by atoms with van der Waals surface area (Å²) in [4.78, 5) is 18.8. The van der Waals surface area contributed by atoms with E-state index in [0.29, 0.717) is 13.0 Å². The lowest BCUT2D eigenvalue weighted by Gasteiger charge is -2.06. The number of aromatic carboxylic acids is 1. The first kappa shape index (κ1) is 13.4. The molecule has 0 saturated heterocycles. The average molecular weight is 281 g/mol. The van der Waals surface area contributed by atoms with Crippen LogP contribution in [0.1, 0.15) is 21.1 Å². The van der Waals surface area contributed by atoms with Crippen molar-refractivity contribution in [3.05, 3.63) is 39.7 Å². The molecule has 0 saturated carbocycles. The van der Waals surface area contributed by atoms with Crippen LogP contribution in [0.2, 0.25) is 0 Å². The number of aromatic nitrogens is 2. The number of halogens is 1. The Hall–Kier alpha value is -2.02. The van der Waals surface area contributed by atoms with Gasteiger partial charge in [-0.25, -0.2) is 19.2 Å². The second-order valence-corrected chi connectivity index (χ2v) is 4.92. The van der Waals surface area contributed by atoms with Crippen molar-refractivity contribution in [2.24, 2.45) is 0 Å². The molecule has 2 N–H and O–H groups in total. The van der Waals surface area contributed by atoms with Gasteiger partial charge in [0.15, 0.2) is 11.6 Å². The molecule has 0 fully saturated rings. The molecule has 0 amide bonds. The topological polar surface area (TPSA) is 75.1 Å². The minimum absolute atomic E-state index is 0.0492. The van der Waals surface area contributed by atoms with Crippen LogP contribution in [-0.2, 0) is 6.42 Å². The lowest BCUT2D eigenvalue weighted by Crippen LogP contribution is -2.11. The van der Waals surface area contributed by atoms with Crippen molar-refractivity contribution in [2.45, 2.75) is 13.3 Å². The Kier molecular flexibility index (Phi) is 4.06. The molecule has 5 nitrogen and oxygen atoms in total. The molecule has 2 aromatic rings. The van der Waals surface area contributed by atoms with Crippen LogP contribution in [-0.4, -0.2) is 27.6 Å². The maximum atomic E-state index is 13.7. The van der Waals surface area contributed by atoms with Crippen LogP contribution in [0.3, 0.4) is 0 Å². The number of anilines is 1. The third-order valence-electron chi connectivity index (χ3n) is 2.46. The number of aryl methyl sites for hydroxylation is 1. The number of hydrogen-bond acceptors (Lipinski definition) is 5. The summed E-state index contributed by atoms with van der Waals surface area (Å²) in [6, 6.07) is 1.13. The molecule has 0 bridgehead atoms. The normalized spacial score (nSPS) is 10.4. The summed E-state index contributed by atoms with van der Waals surface area (Å²) < 4.78 is 13.7. The lowest BCUT2D eigenvalue weighted by atomic mass is 10.2. The fourth-order valence-corrected chi connectivity index (χ4v) is 2.21. The maximum Gasteiger partial charge on any atom is 0.338 e. The number of rotatable bonds is 5. The number of pyridine rings is 1. The van der Waals surface area contributed by atoms with Crippen LogP contribution >= 0.6 is 11.3 Å². The van der Waals surface area contributed by atoms with Gasteiger partial charge in [-0.3, -0.25) is 0 Å². The number of hydrogen-bond donors (Lipinski definition) is 2. The highest BCUT2D eigenvalue weighted by Gasteiger charge is 2.14. The molecular formula is C12H12FN3O2S. The van der Waals surface area contributed by atoms with Gasteiger partial charge < -0.3 is 10.4 Å². The van der Waals surface area contributed by atoms with Crippen molar-refractivity contribution in [2.75, 3.05) is 11.9 Å². The van der Waals surface area contributed by atoms with Crippen LogP contribution in [0.15, 0.2) is 17.6 Å². The quantitative estimate of drug-likeness (QED) is 0.879. The second kappa shape index (κ2) is 5.75. The third-order valence-corrected chi connectivity index (χ3v) is 3.28. The number of nitrogens with one attached hydrogen (secondary N) is 1. The van der Waals surface area contributed by atoms with Crippen molar-refractivity contribution < 1.29 is 14.3 Å². The largest absolute Gasteiger partial charge is 0.478 e. The zero-order valence-electron chi connectivity index (χ0n) is 10.2. The number of nitrogens with zero attached hydrogens (tertiary/aromatic N) is 2. The first-order valence-corrected chi connectivity index (χ1v) is 6.48. The van der Waals surface area contributed by atoms with E-state index in [1.807, 2.05) is 12.3 Å². The number of carboxylic acids is 1. The van der Waals surface area contributed by atoms with E-state index in [1.165, 1.54) is 6.20 Å². The SMILES string of the molecule is Cc1nc(CCNc2nccc(C(=O)O)c2F)cs1. The highest BCUT2D eigenvalue weighted by Crippen LogP contribution is 2.15. The van der Waals surface area contributed by atoms with Crippen molar-refractivity contribution in [1.82, 2.24) is 9.97 Å². The minimum atomic E-state index is -1.31. The van der Waals surface area contributed by atoms with Gasteiger partial charge in [-0.2, -0.15) is 0 Å². The number of carbonyl (C=O) groups is 1. The van der Waals surface area contributed by atoms with Crippen molar-refractivity contribution in [3.8, 4) is 0 Å². The van der Waals surface area contributed by atoms with Gasteiger partial charge in [0.05, 0.1) is 10.7 Å². The Morgan fingerprint density at radius 1 is 1.58 bits per heavy atom. The molecule has 2 aromatic heterocycles. The van der Waals surface area contributed by atoms with E-state index < -0.39 is 11.8 Å². The van der Waals surface area contributed by atoms with Gasteiger partial charge >= 0.3 is 5.97 Å². The second-order valence-electron chi connectivity index (χ2n) is 3.86. The summed E-state index contributed by atoms with van der Waals surface area (Å²) in [6.07, 6.45) is 1.89. The maximum absolute atomic E-state index is 13.7. The van der Waals surface area contributed by atoms with E-state index in [9.17, 15) is 9.18 Å². The summed E-state index contributed by atoms with van der Waals surface area (Å²) in [7, 11) is 0. The molecule has 2 rings (SSSR count). The van der Waals surface area contributed by atoms with Gasteiger partial charge in [-0.05, 0) is 13.0 Å². The van der Waals surface area contributed by atoms with Crippen LogP contribution < -0.4 is 5.32 Å². The fraction of sp³-hybridized carbons (Fsp3) is 0.250. The van der Waals surface area contributed by atoms with E-state index in [-0.39, 0.29) is 11.4 Å². The van der Waals surface area contributed by atoms with E-state index in [0.717, 1.165) is 16.8 Å². The van der Waals surface area contributed by atoms with Gasteiger partial charge in [-0.1, -0.05) is 0 Å². The molecule has 100 valence electrons. The van der Waals surface area contributed by atoms with Gasteiger partial charge in [0.1, 0.15) is 5.56 Å². The van der Waals surface area contributed by atoms with Gasteiger partial charge in [0.2, 0.25) is 0 Å². The van der Waals surface area contributed by atoms with E-state index in [1.54, 1.807) is 11.3 Å².